The average Bonchev–Trinajstić information content (AvgIpc) is 3.13. The summed E-state index contributed by atoms with van der Waals surface area (Å²) in [4.78, 5) is 12.2. The molecule has 0 spiro atoms. The maximum Gasteiger partial charge on any atom is 0.292 e. The molecule has 0 radical (unpaired) electrons. The highest BCUT2D eigenvalue weighted by atomic mass is 79.9. The van der Waals surface area contributed by atoms with Crippen molar-refractivity contribution in [2.24, 2.45) is 0 Å². The number of nitrogens with zero attached hydrogens (tertiary/aromatic N) is 2. The van der Waals surface area contributed by atoms with Crippen LogP contribution in [0.25, 0.3) is 5.69 Å². The van der Waals surface area contributed by atoms with Crippen LogP contribution in [0.2, 0.25) is 0 Å². The van der Waals surface area contributed by atoms with Gasteiger partial charge in [-0.25, -0.2) is 4.68 Å². The quantitative estimate of drug-likeness (QED) is 0.752. The monoisotopic (exact) mass is 375 g/mol. The molecule has 118 valence electrons. The van der Waals surface area contributed by atoms with E-state index in [0.717, 1.165) is 17.1 Å². The van der Waals surface area contributed by atoms with Crippen molar-refractivity contribution in [3.63, 3.8) is 0 Å². The summed E-state index contributed by atoms with van der Waals surface area (Å²) >= 11 is 3.18. The summed E-state index contributed by atoms with van der Waals surface area (Å²) in [5.41, 5.74) is 1.60. The molecule has 0 aliphatic heterocycles. The SMILES string of the molecule is COc1ccc(-n2nc(C)cc2NC(=O)c2ccc(Br)o2)cc1. The lowest BCUT2D eigenvalue weighted by molar-refractivity contribution is 0.0994. The number of carbonyl (C=O) groups excluding carboxylic acids is 1. The highest BCUT2D eigenvalue weighted by Gasteiger charge is 2.15. The van der Waals surface area contributed by atoms with Gasteiger partial charge in [-0.1, -0.05) is 0 Å². The van der Waals surface area contributed by atoms with Crippen molar-refractivity contribution in [3.8, 4) is 11.4 Å². The molecule has 0 unspecified atom stereocenters. The van der Waals surface area contributed by atoms with Crippen LogP contribution in [0.5, 0.6) is 5.75 Å². The Balaban J connectivity index is 1.89. The summed E-state index contributed by atoms with van der Waals surface area (Å²) in [6.45, 7) is 1.86. The van der Waals surface area contributed by atoms with Crippen molar-refractivity contribution in [3.05, 3.63) is 58.6 Å². The fraction of sp³-hybridized carbons (Fsp3) is 0.125. The number of aryl methyl sites for hydroxylation is 1. The highest BCUT2D eigenvalue weighted by molar-refractivity contribution is 9.10. The Morgan fingerprint density at radius 1 is 1.26 bits per heavy atom. The topological polar surface area (TPSA) is 69.3 Å². The van der Waals surface area contributed by atoms with Crippen LogP contribution in [0, 0.1) is 6.92 Å². The van der Waals surface area contributed by atoms with Crippen LogP contribution < -0.4 is 10.1 Å². The number of amides is 1. The number of hydrogen-bond donors (Lipinski definition) is 1. The van der Waals surface area contributed by atoms with Gasteiger partial charge < -0.3 is 14.5 Å². The van der Waals surface area contributed by atoms with Gasteiger partial charge in [0, 0.05) is 6.07 Å². The lowest BCUT2D eigenvalue weighted by Crippen LogP contribution is -2.14. The van der Waals surface area contributed by atoms with Gasteiger partial charge in [0.05, 0.1) is 18.5 Å². The van der Waals surface area contributed by atoms with Crippen LogP contribution in [-0.2, 0) is 0 Å². The zero-order valence-corrected chi connectivity index (χ0v) is 14.1. The van der Waals surface area contributed by atoms with Crippen LogP contribution in [0.1, 0.15) is 16.2 Å². The van der Waals surface area contributed by atoms with Crippen molar-refractivity contribution in [1.82, 2.24) is 9.78 Å². The normalized spacial score (nSPS) is 10.6. The number of halogens is 1. The van der Waals surface area contributed by atoms with Crippen molar-refractivity contribution in [2.45, 2.75) is 6.92 Å². The van der Waals surface area contributed by atoms with Gasteiger partial charge in [0.25, 0.3) is 5.91 Å². The first-order valence-corrected chi connectivity index (χ1v) is 7.64. The summed E-state index contributed by atoms with van der Waals surface area (Å²) in [5.74, 6) is 1.19. The summed E-state index contributed by atoms with van der Waals surface area (Å²) in [6.07, 6.45) is 0. The van der Waals surface area contributed by atoms with E-state index in [4.69, 9.17) is 9.15 Å². The minimum atomic E-state index is -0.342. The van der Waals surface area contributed by atoms with E-state index < -0.39 is 0 Å². The number of ether oxygens (including phenoxy) is 1. The molecule has 1 N–H and O–H groups in total. The molecule has 0 atom stereocenters. The third kappa shape index (κ3) is 3.29. The maximum atomic E-state index is 12.2. The van der Waals surface area contributed by atoms with Gasteiger partial charge in [0.2, 0.25) is 0 Å². The van der Waals surface area contributed by atoms with Crippen molar-refractivity contribution < 1.29 is 13.9 Å². The Hall–Kier alpha value is -2.54. The van der Waals surface area contributed by atoms with E-state index in [-0.39, 0.29) is 11.7 Å². The minimum Gasteiger partial charge on any atom is -0.497 e. The molecule has 1 aromatic carbocycles. The molecule has 7 heteroatoms. The Labute approximate surface area is 141 Å². The summed E-state index contributed by atoms with van der Waals surface area (Å²) in [6, 6.07) is 12.5. The number of carbonyl (C=O) groups is 1. The highest BCUT2D eigenvalue weighted by Crippen LogP contribution is 2.21. The third-order valence-corrected chi connectivity index (χ3v) is 3.61. The Morgan fingerprint density at radius 2 is 2.00 bits per heavy atom. The van der Waals surface area contributed by atoms with Gasteiger partial charge in [-0.2, -0.15) is 5.10 Å². The summed E-state index contributed by atoms with van der Waals surface area (Å²) in [7, 11) is 1.61. The number of hydrogen-bond acceptors (Lipinski definition) is 4. The van der Waals surface area contributed by atoms with Crippen LogP contribution in [0.4, 0.5) is 5.82 Å². The van der Waals surface area contributed by atoms with Crippen molar-refractivity contribution in [1.29, 1.82) is 0 Å². The molecule has 23 heavy (non-hydrogen) atoms. The van der Waals surface area contributed by atoms with E-state index in [9.17, 15) is 4.79 Å². The number of anilines is 1. The van der Waals surface area contributed by atoms with Crippen LogP contribution >= 0.6 is 15.9 Å². The first-order chi connectivity index (χ1) is 11.1. The number of aromatic nitrogens is 2. The lowest BCUT2D eigenvalue weighted by atomic mass is 10.3. The molecule has 0 bridgehead atoms. The number of nitrogens with one attached hydrogen (secondary N) is 1. The molecule has 0 aliphatic rings. The Kier molecular flexibility index (Phi) is 4.20. The second-order valence-electron chi connectivity index (χ2n) is 4.84. The first-order valence-electron chi connectivity index (χ1n) is 6.84. The molecule has 0 saturated heterocycles. The van der Waals surface area contributed by atoms with E-state index >= 15 is 0 Å². The predicted molar refractivity (Wildman–Crippen MR) is 89.2 cm³/mol. The van der Waals surface area contributed by atoms with Crippen molar-refractivity contribution >= 4 is 27.7 Å². The maximum absolute atomic E-state index is 12.2. The molecule has 0 fully saturated rings. The van der Waals surface area contributed by atoms with E-state index in [0.29, 0.717) is 10.5 Å². The predicted octanol–water partition coefficient (Wildman–Crippen LogP) is 3.80. The standard InChI is InChI=1S/C16H14BrN3O3/c1-10-9-15(18-16(21)13-7-8-14(17)23-13)20(19-10)11-3-5-12(22-2)6-4-11/h3-9H,1-2H3,(H,18,21). The van der Waals surface area contributed by atoms with Crippen LogP contribution in [0.15, 0.2) is 51.6 Å². The lowest BCUT2D eigenvalue weighted by Gasteiger charge is -2.08. The average molecular weight is 376 g/mol. The summed E-state index contributed by atoms with van der Waals surface area (Å²) in [5, 5.41) is 7.21. The molecule has 3 rings (SSSR count). The van der Waals surface area contributed by atoms with Crippen LogP contribution in [-0.4, -0.2) is 22.8 Å². The van der Waals surface area contributed by atoms with E-state index in [1.165, 1.54) is 0 Å². The molecule has 6 nitrogen and oxygen atoms in total. The zero-order valence-electron chi connectivity index (χ0n) is 12.5. The van der Waals surface area contributed by atoms with Crippen LogP contribution in [0.3, 0.4) is 0 Å². The number of furan rings is 1. The molecule has 2 aromatic heterocycles. The molecule has 3 aromatic rings. The molecule has 2 heterocycles. The van der Waals surface area contributed by atoms with Gasteiger partial charge in [0.15, 0.2) is 10.4 Å². The molecular weight excluding hydrogens is 362 g/mol. The van der Waals surface area contributed by atoms with E-state index in [1.54, 1.807) is 30.0 Å². The van der Waals surface area contributed by atoms with E-state index in [1.807, 2.05) is 31.2 Å². The number of benzene rings is 1. The van der Waals surface area contributed by atoms with Gasteiger partial charge in [-0.3, -0.25) is 4.79 Å². The second-order valence-corrected chi connectivity index (χ2v) is 5.62. The van der Waals surface area contributed by atoms with Gasteiger partial charge in [0.1, 0.15) is 11.6 Å². The first kappa shape index (κ1) is 15.4. The molecule has 0 aliphatic carbocycles. The van der Waals surface area contributed by atoms with Gasteiger partial charge in [-0.15, -0.1) is 0 Å². The number of rotatable bonds is 4. The fourth-order valence-electron chi connectivity index (χ4n) is 2.12. The molecular formula is C16H14BrN3O3. The minimum absolute atomic E-state index is 0.219. The smallest absolute Gasteiger partial charge is 0.292 e. The summed E-state index contributed by atoms with van der Waals surface area (Å²) < 4.78 is 12.6. The third-order valence-electron chi connectivity index (χ3n) is 3.19. The Morgan fingerprint density at radius 3 is 2.61 bits per heavy atom. The van der Waals surface area contributed by atoms with Gasteiger partial charge >= 0.3 is 0 Å². The molecule has 1 amide bonds. The fourth-order valence-corrected chi connectivity index (χ4v) is 2.43. The van der Waals surface area contributed by atoms with Crippen molar-refractivity contribution in [2.75, 3.05) is 12.4 Å². The second kappa shape index (κ2) is 6.29. The largest absolute Gasteiger partial charge is 0.497 e. The van der Waals surface area contributed by atoms with Gasteiger partial charge in [-0.05, 0) is 59.3 Å². The molecule has 0 saturated carbocycles. The van der Waals surface area contributed by atoms with E-state index in [2.05, 4.69) is 26.3 Å². The Bertz CT molecular complexity index is 837. The zero-order chi connectivity index (χ0) is 16.4. The number of methoxy groups -OCH3 is 1.